The molecule has 0 bridgehead atoms. The standard InChI is InChI=1S/C22H25F4N3O3/c1-3-27-11(2)12-6-7-28(9-12)19-16(23)8-14-18(17(19)22(24,25)26)29(13-4-5-13)10-15(20(14)30)21(31)32/h8,10-13,27H,3-7,9H2,1-2H3,(H,31,32)/t11-,12+/m1/s1. The van der Waals surface area contributed by atoms with Crippen molar-refractivity contribution in [1.29, 1.82) is 0 Å². The first-order chi connectivity index (χ1) is 15.0. The molecular weight excluding hydrogens is 430 g/mol. The maximum absolute atomic E-state index is 15.2. The Bertz CT molecular complexity index is 1120. The highest BCUT2D eigenvalue weighted by Crippen LogP contribution is 2.46. The minimum atomic E-state index is -4.94. The van der Waals surface area contributed by atoms with Crippen LogP contribution >= 0.6 is 0 Å². The summed E-state index contributed by atoms with van der Waals surface area (Å²) in [7, 11) is 0. The number of benzene rings is 1. The molecule has 2 heterocycles. The van der Waals surface area contributed by atoms with Crippen LogP contribution < -0.4 is 15.6 Å². The number of hydrogen-bond donors (Lipinski definition) is 2. The number of hydrogen-bond acceptors (Lipinski definition) is 4. The molecule has 1 aliphatic carbocycles. The van der Waals surface area contributed by atoms with E-state index < -0.39 is 51.1 Å². The highest BCUT2D eigenvalue weighted by molar-refractivity contribution is 5.95. The lowest BCUT2D eigenvalue weighted by Crippen LogP contribution is -2.35. The van der Waals surface area contributed by atoms with Gasteiger partial charge in [0.15, 0.2) is 0 Å². The minimum absolute atomic E-state index is 0.0474. The summed E-state index contributed by atoms with van der Waals surface area (Å²) in [6.07, 6.45) is -2.23. The average Bonchev–Trinajstić information content (AvgIpc) is 3.43. The lowest BCUT2D eigenvalue weighted by atomic mass is 10.0. The number of carboxylic acids is 1. The number of pyridine rings is 1. The zero-order valence-electron chi connectivity index (χ0n) is 17.8. The summed E-state index contributed by atoms with van der Waals surface area (Å²) in [5, 5.41) is 12.1. The van der Waals surface area contributed by atoms with E-state index in [0.29, 0.717) is 19.3 Å². The molecule has 174 valence electrons. The van der Waals surface area contributed by atoms with Crippen molar-refractivity contribution in [2.45, 2.75) is 51.4 Å². The fraction of sp³-hybridized carbons (Fsp3) is 0.545. The molecule has 10 heteroatoms. The van der Waals surface area contributed by atoms with Crippen LogP contribution in [0.15, 0.2) is 17.1 Å². The molecule has 0 unspecified atom stereocenters. The summed E-state index contributed by atoms with van der Waals surface area (Å²) < 4.78 is 59.7. The molecule has 32 heavy (non-hydrogen) atoms. The number of nitrogens with one attached hydrogen (secondary N) is 1. The summed E-state index contributed by atoms with van der Waals surface area (Å²) in [5.74, 6) is -2.67. The second-order valence-corrected chi connectivity index (χ2v) is 8.63. The third-order valence-electron chi connectivity index (χ3n) is 6.47. The summed E-state index contributed by atoms with van der Waals surface area (Å²) in [6.45, 7) is 5.12. The van der Waals surface area contributed by atoms with Gasteiger partial charge in [0.2, 0.25) is 5.43 Å². The van der Waals surface area contributed by atoms with Crippen molar-refractivity contribution in [3.8, 4) is 0 Å². The van der Waals surface area contributed by atoms with Crippen LogP contribution in [0.5, 0.6) is 0 Å². The monoisotopic (exact) mass is 455 g/mol. The van der Waals surface area contributed by atoms with Crippen molar-refractivity contribution >= 4 is 22.6 Å². The molecule has 2 atom stereocenters. The van der Waals surface area contributed by atoms with E-state index in [-0.39, 0.29) is 31.1 Å². The molecule has 0 radical (unpaired) electrons. The first kappa shape index (κ1) is 22.6. The molecule has 6 nitrogen and oxygen atoms in total. The summed E-state index contributed by atoms with van der Waals surface area (Å²) in [4.78, 5) is 25.6. The number of aromatic nitrogens is 1. The number of carbonyl (C=O) groups is 1. The number of carboxylic acid groups (broad SMARTS) is 1. The van der Waals surface area contributed by atoms with Crippen molar-refractivity contribution < 1.29 is 27.5 Å². The average molecular weight is 455 g/mol. The SMILES string of the molecule is CCN[C@H](C)[C@H]1CCN(c2c(F)cc3c(=O)c(C(=O)O)cn(C4CC4)c3c2C(F)(F)F)C1. The quantitative estimate of drug-likeness (QED) is 0.644. The van der Waals surface area contributed by atoms with Gasteiger partial charge < -0.3 is 19.9 Å². The van der Waals surface area contributed by atoms with Gasteiger partial charge in [-0.1, -0.05) is 6.92 Å². The fourth-order valence-corrected chi connectivity index (χ4v) is 4.74. The second-order valence-electron chi connectivity index (χ2n) is 8.63. The Kier molecular flexibility index (Phi) is 5.68. The molecule has 2 fully saturated rings. The van der Waals surface area contributed by atoms with Gasteiger partial charge in [-0.2, -0.15) is 13.2 Å². The predicted molar refractivity (Wildman–Crippen MR) is 112 cm³/mol. The molecule has 1 aliphatic heterocycles. The Balaban J connectivity index is 1.96. The van der Waals surface area contributed by atoms with Gasteiger partial charge in [-0.3, -0.25) is 4.79 Å². The number of rotatable bonds is 6. The van der Waals surface area contributed by atoms with E-state index in [9.17, 15) is 27.9 Å². The van der Waals surface area contributed by atoms with E-state index >= 15 is 4.39 Å². The summed E-state index contributed by atoms with van der Waals surface area (Å²) in [6, 6.07) is 0.482. The number of fused-ring (bicyclic) bond motifs is 1. The Labute approximate surface area is 181 Å². The lowest BCUT2D eigenvalue weighted by Gasteiger charge is -2.27. The molecule has 1 saturated heterocycles. The Morgan fingerprint density at radius 3 is 2.56 bits per heavy atom. The van der Waals surface area contributed by atoms with Gasteiger partial charge in [0.05, 0.1) is 16.6 Å². The zero-order valence-corrected chi connectivity index (χ0v) is 17.8. The topological polar surface area (TPSA) is 74.6 Å². The van der Waals surface area contributed by atoms with Gasteiger partial charge in [-0.25, -0.2) is 9.18 Å². The predicted octanol–water partition coefficient (Wildman–Crippen LogP) is 4.02. The van der Waals surface area contributed by atoms with Crippen LogP contribution in [0.3, 0.4) is 0 Å². The molecule has 2 aliphatic rings. The third-order valence-corrected chi connectivity index (χ3v) is 6.47. The number of alkyl halides is 3. The molecule has 1 saturated carbocycles. The van der Waals surface area contributed by atoms with Crippen molar-refractivity contribution in [2.75, 3.05) is 24.5 Å². The maximum atomic E-state index is 15.2. The molecule has 1 aromatic carbocycles. The van der Waals surface area contributed by atoms with Crippen LogP contribution in [0.25, 0.3) is 10.9 Å². The van der Waals surface area contributed by atoms with Crippen LogP contribution in [0.1, 0.15) is 55.1 Å². The van der Waals surface area contributed by atoms with Gasteiger partial charge >= 0.3 is 12.1 Å². The molecule has 2 aromatic rings. The summed E-state index contributed by atoms with van der Waals surface area (Å²) >= 11 is 0. The van der Waals surface area contributed by atoms with E-state index in [4.69, 9.17) is 0 Å². The molecular formula is C22H25F4N3O3. The minimum Gasteiger partial charge on any atom is -0.477 e. The van der Waals surface area contributed by atoms with Gasteiger partial charge in [-0.15, -0.1) is 0 Å². The highest BCUT2D eigenvalue weighted by Gasteiger charge is 2.43. The smallest absolute Gasteiger partial charge is 0.420 e. The molecule has 0 spiro atoms. The number of nitrogens with zero attached hydrogens (tertiary/aromatic N) is 2. The van der Waals surface area contributed by atoms with Gasteiger partial charge in [0.1, 0.15) is 16.9 Å². The third kappa shape index (κ3) is 3.85. The number of halogens is 4. The van der Waals surface area contributed by atoms with Crippen LogP contribution in [0, 0.1) is 11.7 Å². The Morgan fingerprint density at radius 2 is 2.00 bits per heavy atom. The van der Waals surface area contributed by atoms with Crippen molar-refractivity contribution in [3.63, 3.8) is 0 Å². The molecule has 2 N–H and O–H groups in total. The second kappa shape index (κ2) is 8.06. The van der Waals surface area contributed by atoms with Gasteiger partial charge in [0.25, 0.3) is 0 Å². The first-order valence-electron chi connectivity index (χ1n) is 10.7. The first-order valence-corrected chi connectivity index (χ1v) is 10.7. The van der Waals surface area contributed by atoms with E-state index in [1.165, 1.54) is 9.47 Å². The number of anilines is 1. The van der Waals surface area contributed by atoms with Crippen LogP contribution in [-0.2, 0) is 6.18 Å². The van der Waals surface area contributed by atoms with E-state index in [2.05, 4.69) is 5.32 Å². The van der Waals surface area contributed by atoms with Crippen molar-refractivity contribution in [1.82, 2.24) is 9.88 Å². The maximum Gasteiger partial charge on any atom is 0.420 e. The van der Waals surface area contributed by atoms with E-state index in [0.717, 1.165) is 18.8 Å². The van der Waals surface area contributed by atoms with E-state index in [1.807, 2.05) is 13.8 Å². The zero-order chi connectivity index (χ0) is 23.4. The largest absolute Gasteiger partial charge is 0.477 e. The molecule has 1 aromatic heterocycles. The Hall–Kier alpha value is -2.62. The van der Waals surface area contributed by atoms with Crippen LogP contribution in [0.2, 0.25) is 0 Å². The molecule has 4 rings (SSSR count). The highest BCUT2D eigenvalue weighted by atomic mass is 19.4. The lowest BCUT2D eigenvalue weighted by molar-refractivity contribution is -0.136. The van der Waals surface area contributed by atoms with Crippen LogP contribution in [-0.4, -0.2) is 41.3 Å². The van der Waals surface area contributed by atoms with Crippen molar-refractivity contribution in [2.24, 2.45) is 5.92 Å². The number of aromatic carboxylic acids is 1. The fourth-order valence-electron chi connectivity index (χ4n) is 4.74. The molecule has 0 amide bonds. The van der Waals surface area contributed by atoms with E-state index in [1.54, 1.807) is 0 Å². The van der Waals surface area contributed by atoms with Crippen molar-refractivity contribution in [3.05, 3.63) is 39.4 Å². The van der Waals surface area contributed by atoms with Gasteiger partial charge in [0, 0.05) is 31.4 Å². The Morgan fingerprint density at radius 1 is 1.31 bits per heavy atom. The van der Waals surface area contributed by atoms with Gasteiger partial charge in [-0.05, 0) is 44.7 Å². The summed E-state index contributed by atoms with van der Waals surface area (Å²) in [5.41, 5.74) is -3.97. The van der Waals surface area contributed by atoms with Crippen LogP contribution in [0.4, 0.5) is 23.2 Å². The normalized spacial score (nSPS) is 20.2.